The summed E-state index contributed by atoms with van der Waals surface area (Å²) in [6, 6.07) is 14.5. The number of carbonyl (C=O) groups excluding carboxylic acids is 1. The first-order valence-electron chi connectivity index (χ1n) is 8.37. The van der Waals surface area contributed by atoms with Crippen LogP contribution in [0, 0.1) is 0 Å². The molecule has 4 aromatic rings. The normalized spacial score (nSPS) is 12.0. The fourth-order valence-electron chi connectivity index (χ4n) is 3.00. The van der Waals surface area contributed by atoms with Gasteiger partial charge in [-0.1, -0.05) is 18.2 Å². The Morgan fingerprint density at radius 3 is 2.59 bits per heavy atom. The summed E-state index contributed by atoms with van der Waals surface area (Å²) >= 11 is 0. The zero-order valence-electron chi connectivity index (χ0n) is 14.6. The summed E-state index contributed by atoms with van der Waals surface area (Å²) < 4.78 is 7.81. The highest BCUT2D eigenvalue weighted by Gasteiger charge is 2.21. The van der Waals surface area contributed by atoms with E-state index in [9.17, 15) is 4.79 Å². The van der Waals surface area contributed by atoms with Gasteiger partial charge in [0.25, 0.3) is 0 Å². The summed E-state index contributed by atoms with van der Waals surface area (Å²) in [5.74, 6) is 0.0145. The third-order valence-electron chi connectivity index (χ3n) is 4.32. The molecule has 1 atom stereocenters. The minimum Gasteiger partial charge on any atom is -0.438 e. The molecule has 0 fully saturated rings. The molecule has 0 aliphatic heterocycles. The molecule has 0 bridgehead atoms. The summed E-state index contributed by atoms with van der Waals surface area (Å²) in [7, 11) is 1.91. The van der Waals surface area contributed by atoms with Gasteiger partial charge in [-0.2, -0.15) is 0 Å². The first-order chi connectivity index (χ1) is 13.1. The van der Waals surface area contributed by atoms with Crippen molar-refractivity contribution in [3.05, 3.63) is 78.5 Å². The molecule has 1 amide bonds. The highest BCUT2D eigenvalue weighted by molar-refractivity contribution is 5.85. The van der Waals surface area contributed by atoms with E-state index in [-0.39, 0.29) is 0 Å². The summed E-state index contributed by atoms with van der Waals surface area (Å²) in [6.07, 6.45) is 5.01. The van der Waals surface area contributed by atoms with Crippen LogP contribution in [0.4, 0.5) is 0 Å². The zero-order chi connectivity index (χ0) is 18.8. The molecule has 2 N–H and O–H groups in total. The van der Waals surface area contributed by atoms with E-state index in [0.717, 1.165) is 16.6 Å². The Kier molecular flexibility index (Phi) is 4.25. The van der Waals surface area contributed by atoms with E-state index >= 15 is 0 Å². The van der Waals surface area contributed by atoms with E-state index < -0.39 is 11.8 Å². The van der Waals surface area contributed by atoms with Gasteiger partial charge in [0.1, 0.15) is 23.6 Å². The van der Waals surface area contributed by atoms with Crippen LogP contribution in [0.2, 0.25) is 0 Å². The fraction of sp³-hybridized carbons (Fsp3) is 0.100. The Morgan fingerprint density at radius 2 is 1.89 bits per heavy atom. The number of aryl methyl sites for hydroxylation is 1. The van der Waals surface area contributed by atoms with Crippen LogP contribution in [0.25, 0.3) is 11.0 Å². The molecular formula is C20H17N5O2. The van der Waals surface area contributed by atoms with Gasteiger partial charge in [-0.15, -0.1) is 0 Å². The molecule has 0 spiro atoms. The van der Waals surface area contributed by atoms with Gasteiger partial charge in [-0.25, -0.2) is 9.97 Å². The number of hydrogen-bond acceptors (Lipinski definition) is 5. The maximum absolute atomic E-state index is 12.0. The lowest BCUT2D eigenvalue weighted by Gasteiger charge is -2.14. The molecule has 0 aliphatic carbocycles. The summed E-state index contributed by atoms with van der Waals surface area (Å²) in [6.45, 7) is 0. The largest absolute Gasteiger partial charge is 0.438 e. The lowest BCUT2D eigenvalue weighted by molar-refractivity contribution is -0.118. The number of nitrogens with zero attached hydrogens (tertiary/aromatic N) is 4. The van der Waals surface area contributed by atoms with Gasteiger partial charge >= 0.3 is 0 Å². The molecule has 0 radical (unpaired) electrons. The van der Waals surface area contributed by atoms with Crippen LogP contribution in [-0.2, 0) is 11.8 Å². The number of pyridine rings is 1. The monoisotopic (exact) mass is 359 g/mol. The first-order valence-corrected chi connectivity index (χ1v) is 8.37. The van der Waals surface area contributed by atoms with E-state index in [1.165, 1.54) is 6.33 Å². The van der Waals surface area contributed by atoms with E-state index in [1.54, 1.807) is 30.5 Å². The molecule has 7 heteroatoms. The number of hydrogen-bond donors (Lipinski definition) is 1. The lowest BCUT2D eigenvalue weighted by Crippen LogP contribution is -2.23. The topological polar surface area (TPSA) is 95.9 Å². The second-order valence-electron chi connectivity index (χ2n) is 6.10. The van der Waals surface area contributed by atoms with E-state index in [2.05, 4.69) is 15.0 Å². The number of ether oxygens (including phenoxy) is 1. The standard InChI is InChI=1S/C20H17N5O2/c1-25-11-9-15-19(25)23-12-24-20(15)27-14-7-5-13(6-8-14)17(18(21)26)16-4-2-3-10-22-16/h2-12,17H,1H3,(H2,21,26). The van der Waals surface area contributed by atoms with Crippen LogP contribution in [0.5, 0.6) is 11.6 Å². The van der Waals surface area contributed by atoms with Crippen LogP contribution in [-0.4, -0.2) is 25.4 Å². The SMILES string of the molecule is Cn1ccc2c(Oc3ccc(C(C(N)=O)c4ccccn4)cc3)ncnc21. The van der Waals surface area contributed by atoms with E-state index in [1.807, 2.05) is 42.1 Å². The molecular weight excluding hydrogens is 342 g/mol. The third-order valence-corrected chi connectivity index (χ3v) is 4.32. The van der Waals surface area contributed by atoms with Gasteiger partial charge in [0.2, 0.25) is 11.8 Å². The van der Waals surface area contributed by atoms with E-state index in [0.29, 0.717) is 17.3 Å². The van der Waals surface area contributed by atoms with Gasteiger partial charge < -0.3 is 15.0 Å². The summed E-state index contributed by atoms with van der Waals surface area (Å²) in [5, 5.41) is 0.826. The number of primary amides is 1. The number of fused-ring (bicyclic) bond motifs is 1. The highest BCUT2D eigenvalue weighted by atomic mass is 16.5. The number of rotatable bonds is 5. The summed E-state index contributed by atoms with van der Waals surface area (Å²) in [5.41, 5.74) is 7.75. The Balaban J connectivity index is 1.62. The molecule has 3 aromatic heterocycles. The number of carbonyl (C=O) groups is 1. The van der Waals surface area contributed by atoms with Gasteiger partial charge in [-0.3, -0.25) is 9.78 Å². The highest BCUT2D eigenvalue weighted by Crippen LogP contribution is 2.29. The number of nitrogens with two attached hydrogens (primary N) is 1. The Bertz CT molecular complexity index is 1090. The van der Waals surface area contributed by atoms with Crippen molar-refractivity contribution < 1.29 is 9.53 Å². The van der Waals surface area contributed by atoms with Gasteiger partial charge in [0.15, 0.2) is 0 Å². The number of aromatic nitrogens is 4. The van der Waals surface area contributed by atoms with Crippen molar-refractivity contribution in [1.29, 1.82) is 0 Å². The van der Waals surface area contributed by atoms with Crippen molar-refractivity contribution in [3.8, 4) is 11.6 Å². The molecule has 1 unspecified atom stereocenters. The third kappa shape index (κ3) is 3.22. The van der Waals surface area contributed by atoms with Gasteiger partial charge in [0.05, 0.1) is 11.1 Å². The molecule has 134 valence electrons. The second-order valence-corrected chi connectivity index (χ2v) is 6.10. The van der Waals surface area contributed by atoms with Crippen LogP contribution < -0.4 is 10.5 Å². The van der Waals surface area contributed by atoms with Crippen molar-refractivity contribution in [2.75, 3.05) is 0 Å². The maximum atomic E-state index is 12.0. The maximum Gasteiger partial charge on any atom is 0.231 e. The second kappa shape index (κ2) is 6.87. The van der Waals surface area contributed by atoms with Crippen molar-refractivity contribution in [1.82, 2.24) is 19.5 Å². The van der Waals surface area contributed by atoms with Crippen LogP contribution >= 0.6 is 0 Å². The van der Waals surface area contributed by atoms with Crippen molar-refractivity contribution in [2.24, 2.45) is 12.8 Å². The predicted octanol–water partition coefficient (Wildman–Crippen LogP) is 2.77. The van der Waals surface area contributed by atoms with Gasteiger partial charge in [0, 0.05) is 19.4 Å². The van der Waals surface area contributed by atoms with Crippen molar-refractivity contribution >= 4 is 16.9 Å². The first kappa shape index (κ1) is 16.7. The number of benzene rings is 1. The average Bonchev–Trinajstić information content (AvgIpc) is 3.06. The van der Waals surface area contributed by atoms with Crippen molar-refractivity contribution in [2.45, 2.75) is 5.92 Å². The fourth-order valence-corrected chi connectivity index (χ4v) is 3.00. The molecule has 0 aliphatic rings. The average molecular weight is 359 g/mol. The molecule has 1 aromatic carbocycles. The Hall–Kier alpha value is -3.74. The molecule has 27 heavy (non-hydrogen) atoms. The lowest BCUT2D eigenvalue weighted by atomic mass is 9.94. The Labute approximate surface area is 155 Å². The molecule has 7 nitrogen and oxygen atoms in total. The van der Waals surface area contributed by atoms with Crippen LogP contribution in [0.3, 0.4) is 0 Å². The zero-order valence-corrected chi connectivity index (χ0v) is 14.6. The van der Waals surface area contributed by atoms with E-state index in [4.69, 9.17) is 10.5 Å². The van der Waals surface area contributed by atoms with Crippen LogP contribution in [0.1, 0.15) is 17.2 Å². The molecule has 0 saturated carbocycles. The van der Waals surface area contributed by atoms with Gasteiger partial charge in [-0.05, 0) is 35.9 Å². The Morgan fingerprint density at radius 1 is 1.07 bits per heavy atom. The summed E-state index contributed by atoms with van der Waals surface area (Å²) in [4.78, 5) is 24.7. The quantitative estimate of drug-likeness (QED) is 0.591. The minimum atomic E-state index is -0.611. The minimum absolute atomic E-state index is 0.454. The molecule has 4 rings (SSSR count). The molecule has 3 heterocycles. The van der Waals surface area contributed by atoms with Crippen LogP contribution in [0.15, 0.2) is 67.3 Å². The smallest absolute Gasteiger partial charge is 0.231 e. The number of amides is 1. The molecule has 0 saturated heterocycles. The van der Waals surface area contributed by atoms with Crippen molar-refractivity contribution in [3.63, 3.8) is 0 Å². The predicted molar refractivity (Wildman–Crippen MR) is 100 cm³/mol.